The van der Waals surface area contributed by atoms with Crippen molar-refractivity contribution in [2.75, 3.05) is 25.6 Å². The smallest absolute Gasteiger partial charge is 0.331 e. The molecule has 3 rings (SSSR count). The first-order chi connectivity index (χ1) is 18.8. The van der Waals surface area contributed by atoms with Crippen LogP contribution in [-0.2, 0) is 16.0 Å². The van der Waals surface area contributed by atoms with E-state index in [-0.39, 0.29) is 38.0 Å². The van der Waals surface area contributed by atoms with Gasteiger partial charge in [0.2, 0.25) is 5.06 Å². The number of halogens is 3. The van der Waals surface area contributed by atoms with Gasteiger partial charge in [-0.15, -0.1) is 0 Å². The highest BCUT2D eigenvalue weighted by molar-refractivity contribution is 7.18. The largest absolute Gasteiger partial charge is 0.486 e. The van der Waals surface area contributed by atoms with Gasteiger partial charge in [0.25, 0.3) is 5.91 Å². The van der Waals surface area contributed by atoms with E-state index in [4.69, 9.17) is 14.6 Å². The number of nitrogens with one attached hydrogen (secondary N) is 1. The number of methoxy groups -OCH3 is 1. The number of amides is 1. The van der Waals surface area contributed by atoms with Crippen molar-refractivity contribution in [1.82, 2.24) is 4.98 Å². The molecule has 2 N–H and O–H groups in total. The van der Waals surface area contributed by atoms with Crippen molar-refractivity contribution in [3.63, 3.8) is 0 Å². The third-order valence-corrected chi connectivity index (χ3v) is 6.58. The van der Waals surface area contributed by atoms with Crippen molar-refractivity contribution in [2.45, 2.75) is 40.5 Å². The first-order valence-corrected chi connectivity index (χ1v) is 13.2. The molecule has 1 amide bonds. The van der Waals surface area contributed by atoms with Crippen LogP contribution in [0.2, 0.25) is 0 Å². The predicted molar refractivity (Wildman–Crippen MR) is 148 cm³/mol. The van der Waals surface area contributed by atoms with E-state index in [1.54, 1.807) is 18.2 Å². The number of nitrogens with zero attached hydrogens (tertiary/aromatic N) is 1. The Morgan fingerprint density at radius 1 is 1.15 bits per heavy atom. The van der Waals surface area contributed by atoms with Gasteiger partial charge in [0, 0.05) is 28.9 Å². The summed E-state index contributed by atoms with van der Waals surface area (Å²) in [4.78, 5) is 28.0. The monoisotopic (exact) mass is 576 g/mol. The average molecular weight is 577 g/mol. The van der Waals surface area contributed by atoms with Gasteiger partial charge in [-0.2, -0.15) is 0 Å². The van der Waals surface area contributed by atoms with Crippen LogP contribution in [0.4, 0.5) is 18.3 Å². The van der Waals surface area contributed by atoms with Crippen molar-refractivity contribution in [2.24, 2.45) is 5.41 Å². The molecule has 0 fully saturated rings. The Morgan fingerprint density at radius 3 is 2.42 bits per heavy atom. The Morgan fingerprint density at radius 2 is 1.82 bits per heavy atom. The van der Waals surface area contributed by atoms with Crippen molar-refractivity contribution in [3.05, 3.63) is 70.0 Å². The minimum atomic E-state index is -1.33. The number of aliphatic carboxylic acids is 1. The Balaban J connectivity index is 1.79. The van der Waals surface area contributed by atoms with Crippen LogP contribution in [-0.4, -0.2) is 42.3 Å². The fraction of sp³-hybridized carbons (Fsp3) is 0.345. The van der Waals surface area contributed by atoms with E-state index in [2.05, 4.69) is 31.1 Å². The second kappa shape index (κ2) is 13.1. The molecule has 40 heavy (non-hydrogen) atoms. The van der Waals surface area contributed by atoms with Gasteiger partial charge in [-0.05, 0) is 55.0 Å². The number of ether oxygens (including phenoxy) is 2. The SMILES string of the molecule is COc1sc(NC(=O)c2cc(F)c(/C=C(\C)C(=O)O)c(F)c2)nc1-c1cccc(CCCOCC(C)(C)C)c1F. The number of carboxylic acids is 1. The molecule has 0 aliphatic heterocycles. The molecule has 3 aromatic rings. The molecule has 0 unspecified atom stereocenters. The van der Waals surface area contributed by atoms with Crippen LogP contribution in [0, 0.1) is 22.9 Å². The highest BCUT2D eigenvalue weighted by atomic mass is 32.1. The summed E-state index contributed by atoms with van der Waals surface area (Å²) in [5, 5.41) is 11.7. The maximum Gasteiger partial charge on any atom is 0.331 e. The van der Waals surface area contributed by atoms with E-state index in [0.717, 1.165) is 29.5 Å². The number of rotatable bonds is 11. The molecule has 0 atom stereocenters. The summed E-state index contributed by atoms with van der Waals surface area (Å²) >= 11 is 0.928. The molecule has 0 aliphatic rings. The Kier molecular flexibility index (Phi) is 10.1. The molecule has 11 heteroatoms. The molecule has 1 aromatic heterocycles. The summed E-state index contributed by atoms with van der Waals surface area (Å²) in [6, 6.07) is 6.52. The van der Waals surface area contributed by atoms with E-state index >= 15 is 4.39 Å². The zero-order chi connectivity index (χ0) is 29.6. The number of carbonyl (C=O) groups excluding carboxylic acids is 1. The van der Waals surface area contributed by atoms with E-state index in [0.29, 0.717) is 31.6 Å². The highest BCUT2D eigenvalue weighted by Gasteiger charge is 2.22. The van der Waals surface area contributed by atoms with Gasteiger partial charge in [0.15, 0.2) is 5.13 Å². The summed E-state index contributed by atoms with van der Waals surface area (Å²) in [5.41, 5.74) is -0.317. The number of carbonyl (C=O) groups is 2. The Hall–Kier alpha value is -3.70. The third-order valence-electron chi connectivity index (χ3n) is 5.65. The van der Waals surface area contributed by atoms with Crippen LogP contribution in [0.1, 0.15) is 55.6 Å². The first-order valence-electron chi connectivity index (χ1n) is 12.4. The van der Waals surface area contributed by atoms with Gasteiger partial charge >= 0.3 is 5.97 Å². The number of carboxylic acid groups (broad SMARTS) is 1. The fourth-order valence-corrected chi connectivity index (χ4v) is 4.46. The number of aromatic nitrogens is 1. The molecule has 0 saturated heterocycles. The van der Waals surface area contributed by atoms with Gasteiger partial charge in [0.1, 0.15) is 23.1 Å². The lowest BCUT2D eigenvalue weighted by Crippen LogP contribution is -2.15. The molecule has 214 valence electrons. The molecular weight excluding hydrogens is 545 g/mol. The molecule has 0 spiro atoms. The Labute approximate surface area is 234 Å². The number of thiazole rings is 1. The number of anilines is 1. The normalized spacial score (nSPS) is 11.9. The van der Waals surface area contributed by atoms with Crippen molar-refractivity contribution < 1.29 is 37.3 Å². The zero-order valence-corrected chi connectivity index (χ0v) is 23.7. The van der Waals surface area contributed by atoms with E-state index < -0.39 is 34.9 Å². The molecule has 2 aromatic carbocycles. The van der Waals surface area contributed by atoms with Gasteiger partial charge in [-0.1, -0.05) is 44.2 Å². The maximum absolute atomic E-state index is 15.4. The number of aryl methyl sites for hydroxylation is 1. The van der Waals surface area contributed by atoms with Gasteiger partial charge < -0.3 is 14.6 Å². The molecule has 0 radical (unpaired) electrons. The van der Waals surface area contributed by atoms with Crippen LogP contribution in [0.25, 0.3) is 17.3 Å². The van der Waals surface area contributed by atoms with E-state index in [1.807, 2.05) is 0 Å². The fourth-order valence-electron chi connectivity index (χ4n) is 3.67. The summed E-state index contributed by atoms with van der Waals surface area (Å²) in [6.07, 6.45) is 1.92. The highest BCUT2D eigenvalue weighted by Crippen LogP contribution is 2.39. The van der Waals surface area contributed by atoms with Crippen LogP contribution in [0.5, 0.6) is 5.06 Å². The van der Waals surface area contributed by atoms with E-state index in [9.17, 15) is 18.4 Å². The van der Waals surface area contributed by atoms with Crippen molar-refractivity contribution in [1.29, 1.82) is 0 Å². The van der Waals surface area contributed by atoms with Gasteiger partial charge in [0.05, 0.1) is 13.7 Å². The van der Waals surface area contributed by atoms with Gasteiger partial charge in [-0.25, -0.2) is 22.9 Å². The lowest BCUT2D eigenvalue weighted by molar-refractivity contribution is -0.132. The zero-order valence-electron chi connectivity index (χ0n) is 22.9. The second-order valence-corrected chi connectivity index (χ2v) is 11.3. The van der Waals surface area contributed by atoms with Crippen LogP contribution < -0.4 is 10.1 Å². The average Bonchev–Trinajstić information content (AvgIpc) is 3.28. The topological polar surface area (TPSA) is 97.8 Å². The van der Waals surface area contributed by atoms with Gasteiger partial charge in [-0.3, -0.25) is 10.1 Å². The predicted octanol–water partition coefficient (Wildman–Crippen LogP) is 6.97. The molecule has 0 bridgehead atoms. The van der Waals surface area contributed by atoms with Crippen molar-refractivity contribution in [3.8, 4) is 16.3 Å². The number of hydrogen-bond donors (Lipinski definition) is 2. The molecule has 7 nitrogen and oxygen atoms in total. The molecule has 0 aliphatic carbocycles. The maximum atomic E-state index is 15.4. The molecule has 0 saturated carbocycles. The lowest BCUT2D eigenvalue weighted by Gasteiger charge is -2.18. The quantitative estimate of drug-likeness (QED) is 0.189. The number of benzene rings is 2. The van der Waals surface area contributed by atoms with E-state index in [1.165, 1.54) is 14.0 Å². The van der Waals surface area contributed by atoms with Crippen LogP contribution in [0.3, 0.4) is 0 Å². The Bertz CT molecular complexity index is 1410. The standard InChI is InChI=1S/C29H31F3N2O5S/c1-16(26(36)37)12-20-21(30)13-18(14-22(20)31)25(35)34-28-33-24(27(38-5)40-28)19-10-6-8-17(23(19)32)9-7-11-39-15-29(2,3)4/h6,8,10,12-14H,7,9,11,15H2,1-5H3,(H,36,37)(H,33,34,35)/b16-12+. The lowest BCUT2D eigenvalue weighted by atomic mass is 9.99. The minimum absolute atomic E-state index is 0.0312. The summed E-state index contributed by atoms with van der Waals surface area (Å²) in [6.45, 7) is 8.51. The second-order valence-electron chi connectivity index (χ2n) is 10.3. The van der Waals surface area contributed by atoms with Crippen molar-refractivity contribution >= 4 is 34.4 Å². The van der Waals surface area contributed by atoms with Crippen LogP contribution >= 0.6 is 11.3 Å². The minimum Gasteiger partial charge on any atom is -0.486 e. The summed E-state index contributed by atoms with van der Waals surface area (Å²) in [7, 11) is 1.38. The van der Waals surface area contributed by atoms with Crippen LogP contribution in [0.15, 0.2) is 35.9 Å². The number of hydrogen-bond acceptors (Lipinski definition) is 6. The molecular formula is C29H31F3N2O5S. The summed E-state index contributed by atoms with van der Waals surface area (Å²) in [5.74, 6) is -4.88. The first kappa shape index (κ1) is 30.8. The third kappa shape index (κ3) is 7.92. The molecule has 1 heterocycles. The summed E-state index contributed by atoms with van der Waals surface area (Å²) < 4.78 is 55.5.